The van der Waals surface area contributed by atoms with Crippen molar-refractivity contribution in [2.24, 2.45) is 0 Å². The molecule has 3 nitrogen and oxygen atoms in total. The van der Waals surface area contributed by atoms with Gasteiger partial charge >= 0.3 is 15.5 Å². The third-order valence-electron chi connectivity index (χ3n) is 3.03. The molecule has 0 saturated heterocycles. The van der Waals surface area contributed by atoms with Crippen molar-refractivity contribution in [3.05, 3.63) is 29.8 Å². The second kappa shape index (κ2) is 5.87. The Labute approximate surface area is 123 Å². The highest BCUT2D eigenvalue weighted by atomic mass is 32.2. The smallest absolute Gasteiger partial charge is 0.263 e. The van der Waals surface area contributed by atoms with Gasteiger partial charge in [0.2, 0.25) is 0 Å². The highest BCUT2D eigenvalue weighted by Crippen LogP contribution is 2.32. The van der Waals surface area contributed by atoms with Crippen LogP contribution in [-0.2, 0) is 15.4 Å². The quantitative estimate of drug-likeness (QED) is 0.838. The van der Waals surface area contributed by atoms with E-state index in [1.807, 2.05) is 20.8 Å². The Kier molecular flexibility index (Phi) is 4.98. The van der Waals surface area contributed by atoms with Crippen LogP contribution in [0.2, 0.25) is 0 Å². The van der Waals surface area contributed by atoms with Gasteiger partial charge in [0.1, 0.15) is 0 Å². The lowest BCUT2D eigenvalue weighted by Gasteiger charge is -2.26. The predicted molar refractivity (Wildman–Crippen MR) is 77.8 cm³/mol. The molecule has 1 aromatic carbocycles. The third kappa shape index (κ3) is 3.90. The summed E-state index contributed by atoms with van der Waals surface area (Å²) >= 11 is 0. The van der Waals surface area contributed by atoms with E-state index in [4.69, 9.17) is 0 Å². The third-order valence-corrected chi connectivity index (χ3v) is 4.59. The van der Waals surface area contributed by atoms with E-state index in [0.717, 1.165) is 5.56 Å². The number of benzene rings is 1. The molecule has 0 fully saturated rings. The van der Waals surface area contributed by atoms with Crippen LogP contribution in [0.1, 0.15) is 39.7 Å². The predicted octanol–water partition coefficient (Wildman–Crippen LogP) is 4.05. The van der Waals surface area contributed by atoms with Gasteiger partial charge in [-0.1, -0.05) is 39.8 Å². The molecular weight excluding hydrogens is 303 g/mol. The maximum Gasteiger partial charge on any atom is 0.516 e. The van der Waals surface area contributed by atoms with Crippen LogP contribution in [0.15, 0.2) is 24.3 Å². The van der Waals surface area contributed by atoms with Crippen molar-refractivity contribution in [1.82, 2.24) is 0 Å². The van der Waals surface area contributed by atoms with Crippen LogP contribution in [0.5, 0.6) is 0 Å². The number of halogens is 3. The first-order valence-corrected chi connectivity index (χ1v) is 8.05. The van der Waals surface area contributed by atoms with Gasteiger partial charge in [-0.25, -0.2) is 0 Å². The largest absolute Gasteiger partial charge is 0.516 e. The zero-order valence-corrected chi connectivity index (χ0v) is 13.3. The number of hydrogen-bond acceptors (Lipinski definition) is 2. The Morgan fingerprint density at radius 3 is 1.86 bits per heavy atom. The van der Waals surface area contributed by atoms with Crippen LogP contribution in [-0.4, -0.2) is 20.5 Å². The molecule has 0 aromatic heterocycles. The van der Waals surface area contributed by atoms with Gasteiger partial charge in [-0.15, -0.1) is 0 Å². The number of alkyl halides is 3. The molecule has 0 amide bonds. The Bertz CT molecular complexity index is 572. The Morgan fingerprint density at radius 1 is 1.05 bits per heavy atom. The van der Waals surface area contributed by atoms with Crippen molar-refractivity contribution < 1.29 is 21.6 Å². The molecule has 120 valence electrons. The summed E-state index contributed by atoms with van der Waals surface area (Å²) in [5.41, 5.74) is -4.50. The lowest BCUT2D eigenvalue weighted by molar-refractivity contribution is -0.0438. The van der Waals surface area contributed by atoms with Crippen molar-refractivity contribution in [3.63, 3.8) is 0 Å². The van der Waals surface area contributed by atoms with Crippen LogP contribution >= 0.6 is 0 Å². The van der Waals surface area contributed by atoms with Crippen molar-refractivity contribution >= 4 is 15.7 Å². The van der Waals surface area contributed by atoms with Crippen molar-refractivity contribution in [2.45, 2.75) is 45.0 Å². The fraction of sp³-hybridized carbons (Fsp3) is 0.571. The minimum atomic E-state index is -5.37. The lowest BCUT2D eigenvalue weighted by atomic mass is 9.87. The molecule has 0 aliphatic rings. The summed E-state index contributed by atoms with van der Waals surface area (Å²) in [6.07, 6.45) is 0.288. The second-order valence-corrected chi connectivity index (χ2v) is 7.67. The summed E-state index contributed by atoms with van der Waals surface area (Å²) in [6.45, 7) is 7.33. The molecule has 0 radical (unpaired) electrons. The zero-order chi connectivity index (χ0) is 16.5. The highest BCUT2D eigenvalue weighted by Gasteiger charge is 2.50. The number of hydrogen-bond donors (Lipinski definition) is 0. The summed E-state index contributed by atoms with van der Waals surface area (Å²) in [6, 6.07) is 6.15. The van der Waals surface area contributed by atoms with Gasteiger partial charge in [-0.05, 0) is 29.5 Å². The number of rotatable bonds is 4. The van der Waals surface area contributed by atoms with E-state index in [2.05, 4.69) is 0 Å². The van der Waals surface area contributed by atoms with Gasteiger partial charge in [0, 0.05) is 6.54 Å². The maximum atomic E-state index is 12.7. The molecule has 21 heavy (non-hydrogen) atoms. The van der Waals surface area contributed by atoms with Gasteiger partial charge < -0.3 is 0 Å². The van der Waals surface area contributed by atoms with E-state index in [1.54, 1.807) is 19.1 Å². The molecule has 0 spiro atoms. The average Bonchev–Trinajstić information content (AvgIpc) is 2.33. The molecule has 0 heterocycles. The van der Waals surface area contributed by atoms with E-state index in [1.165, 1.54) is 12.1 Å². The molecule has 0 aliphatic carbocycles. The normalized spacial score (nSPS) is 13.3. The fourth-order valence-electron chi connectivity index (χ4n) is 1.84. The standard InChI is InChI=1S/C14H20F3NO2S/c1-5-10-18(21(19,20)14(15,16)17)12-8-6-11(7-9-12)13(2,3)4/h6-9H,5,10H2,1-4H3. The monoisotopic (exact) mass is 323 g/mol. The first-order valence-electron chi connectivity index (χ1n) is 6.61. The topological polar surface area (TPSA) is 37.4 Å². The molecule has 0 aliphatic heterocycles. The van der Waals surface area contributed by atoms with Gasteiger partial charge in [-0.3, -0.25) is 4.31 Å². The molecule has 0 saturated carbocycles. The molecule has 0 N–H and O–H groups in total. The summed E-state index contributed by atoms with van der Waals surface area (Å²) in [7, 11) is -5.37. The summed E-state index contributed by atoms with van der Waals surface area (Å²) in [5.74, 6) is 0. The Morgan fingerprint density at radius 2 is 1.52 bits per heavy atom. The minimum Gasteiger partial charge on any atom is -0.263 e. The summed E-state index contributed by atoms with van der Waals surface area (Å²) in [5, 5.41) is 0. The fourth-order valence-corrected chi connectivity index (χ4v) is 2.92. The van der Waals surface area contributed by atoms with E-state index >= 15 is 0 Å². The number of nitrogens with zero attached hydrogens (tertiary/aromatic N) is 1. The number of sulfonamides is 1. The van der Waals surface area contributed by atoms with Crippen molar-refractivity contribution in [1.29, 1.82) is 0 Å². The number of anilines is 1. The minimum absolute atomic E-state index is 0.0298. The maximum absolute atomic E-state index is 12.7. The SMILES string of the molecule is CCCN(c1ccc(C(C)(C)C)cc1)S(=O)(=O)C(F)(F)F. The molecule has 0 atom stereocenters. The van der Waals surface area contributed by atoms with Gasteiger partial charge in [0.15, 0.2) is 0 Å². The van der Waals surface area contributed by atoms with Crippen LogP contribution in [0.4, 0.5) is 18.9 Å². The van der Waals surface area contributed by atoms with Crippen LogP contribution in [0.25, 0.3) is 0 Å². The summed E-state index contributed by atoms with van der Waals surface area (Å²) in [4.78, 5) is 0. The lowest BCUT2D eigenvalue weighted by Crippen LogP contribution is -2.41. The Balaban J connectivity index is 3.25. The Hall–Kier alpha value is -1.24. The van der Waals surface area contributed by atoms with E-state index in [9.17, 15) is 21.6 Å². The van der Waals surface area contributed by atoms with E-state index in [-0.39, 0.29) is 24.1 Å². The molecule has 7 heteroatoms. The van der Waals surface area contributed by atoms with Gasteiger partial charge in [-0.2, -0.15) is 21.6 Å². The van der Waals surface area contributed by atoms with Crippen LogP contribution in [0, 0.1) is 0 Å². The molecule has 0 bridgehead atoms. The molecule has 1 aromatic rings. The summed E-state index contributed by atoms with van der Waals surface area (Å²) < 4.78 is 61.9. The van der Waals surface area contributed by atoms with Crippen molar-refractivity contribution in [3.8, 4) is 0 Å². The van der Waals surface area contributed by atoms with Crippen molar-refractivity contribution in [2.75, 3.05) is 10.8 Å². The van der Waals surface area contributed by atoms with Crippen LogP contribution < -0.4 is 4.31 Å². The highest BCUT2D eigenvalue weighted by molar-refractivity contribution is 7.93. The first-order chi connectivity index (χ1) is 9.41. The van der Waals surface area contributed by atoms with E-state index < -0.39 is 15.5 Å². The van der Waals surface area contributed by atoms with E-state index in [0.29, 0.717) is 4.31 Å². The zero-order valence-electron chi connectivity index (χ0n) is 12.5. The van der Waals surface area contributed by atoms with Crippen LogP contribution in [0.3, 0.4) is 0 Å². The average molecular weight is 323 g/mol. The second-order valence-electron chi connectivity index (χ2n) is 5.82. The van der Waals surface area contributed by atoms with Gasteiger partial charge in [0.05, 0.1) is 5.69 Å². The molecule has 1 rings (SSSR count). The molecular formula is C14H20F3NO2S. The molecule has 0 unspecified atom stereocenters. The first kappa shape index (κ1) is 17.8. The van der Waals surface area contributed by atoms with Gasteiger partial charge in [0.25, 0.3) is 0 Å².